The molecule has 2 fully saturated rings. The van der Waals surface area contributed by atoms with E-state index in [2.05, 4.69) is 20.8 Å². The first-order valence-electron chi connectivity index (χ1n) is 8.27. The van der Waals surface area contributed by atoms with Gasteiger partial charge in [-0.1, -0.05) is 40.0 Å². The number of aliphatic hydroxyl groups excluding tert-OH is 1. The Hall–Kier alpha value is -0.790. The fraction of sp³-hybridized carbons (Fsp3) is 0.833. The van der Waals surface area contributed by atoms with Crippen LogP contribution in [0.1, 0.15) is 78.6 Å². The summed E-state index contributed by atoms with van der Waals surface area (Å²) in [6.07, 6.45) is 11.4. The fourth-order valence-electron chi connectivity index (χ4n) is 3.70. The first-order chi connectivity index (χ1) is 9.32. The Labute approximate surface area is 123 Å². The molecule has 2 saturated carbocycles. The van der Waals surface area contributed by atoms with Crippen LogP contribution < -0.4 is 0 Å². The lowest BCUT2D eigenvalue weighted by molar-refractivity contribution is -0.120. The van der Waals surface area contributed by atoms with Crippen molar-refractivity contribution in [2.45, 2.75) is 78.6 Å². The van der Waals surface area contributed by atoms with Gasteiger partial charge in [-0.2, -0.15) is 0 Å². The zero-order chi connectivity index (χ0) is 14.8. The van der Waals surface area contributed by atoms with Gasteiger partial charge < -0.3 is 5.11 Å². The summed E-state index contributed by atoms with van der Waals surface area (Å²) in [4.78, 5) is 12.4. The molecule has 0 atom stereocenters. The minimum Gasteiger partial charge on any atom is -0.512 e. The second-order valence-corrected chi connectivity index (χ2v) is 7.99. The van der Waals surface area contributed by atoms with Crippen molar-refractivity contribution < 1.29 is 9.90 Å². The molecular weight excluding hydrogens is 248 g/mol. The first kappa shape index (κ1) is 15.6. The lowest BCUT2D eigenvalue weighted by Gasteiger charge is -2.34. The van der Waals surface area contributed by atoms with Gasteiger partial charge in [-0.25, -0.2) is 0 Å². The van der Waals surface area contributed by atoms with E-state index in [9.17, 15) is 9.90 Å². The maximum Gasteiger partial charge on any atom is 0.162 e. The lowest BCUT2D eigenvalue weighted by atomic mass is 9.71. The van der Waals surface area contributed by atoms with E-state index in [4.69, 9.17) is 0 Å². The summed E-state index contributed by atoms with van der Waals surface area (Å²) in [5.74, 6) is 0.634. The molecule has 0 aromatic heterocycles. The monoisotopic (exact) mass is 278 g/mol. The lowest BCUT2D eigenvalue weighted by Crippen LogP contribution is -2.27. The zero-order valence-corrected chi connectivity index (χ0v) is 13.4. The van der Waals surface area contributed by atoms with Gasteiger partial charge in [0.15, 0.2) is 5.78 Å². The molecule has 0 spiro atoms. The van der Waals surface area contributed by atoms with E-state index in [0.717, 1.165) is 38.5 Å². The third-order valence-electron chi connectivity index (χ3n) is 5.60. The van der Waals surface area contributed by atoms with Crippen molar-refractivity contribution in [2.75, 3.05) is 0 Å². The van der Waals surface area contributed by atoms with Crippen molar-refractivity contribution in [3.05, 3.63) is 11.8 Å². The Morgan fingerprint density at radius 3 is 2.10 bits per heavy atom. The highest BCUT2D eigenvalue weighted by atomic mass is 16.3. The number of hydrogen-bond acceptors (Lipinski definition) is 2. The van der Waals surface area contributed by atoms with Crippen molar-refractivity contribution in [3.63, 3.8) is 0 Å². The topological polar surface area (TPSA) is 37.3 Å². The number of allylic oxidation sites excluding steroid dienone is 2. The van der Waals surface area contributed by atoms with Crippen molar-refractivity contribution in [2.24, 2.45) is 16.7 Å². The molecule has 0 aromatic carbocycles. The van der Waals surface area contributed by atoms with Gasteiger partial charge in [-0.05, 0) is 43.9 Å². The van der Waals surface area contributed by atoms with Crippen LogP contribution in [-0.4, -0.2) is 10.9 Å². The van der Waals surface area contributed by atoms with Gasteiger partial charge in [0.2, 0.25) is 0 Å². The Bertz CT molecular complexity index is 376. The second kappa shape index (κ2) is 5.91. The molecule has 2 rings (SSSR count). The second-order valence-electron chi connectivity index (χ2n) is 7.99. The standard InChI is InChI=1S/C18H30O2/c1-17(2)11-7-14(8-12-17)15(19)13-16(20)18(3)9-5-4-6-10-18/h13-14,20H,4-12H2,1-3H3. The third kappa shape index (κ3) is 3.65. The predicted octanol–water partition coefficient (Wildman–Crippen LogP) is 5.18. The average Bonchev–Trinajstić information content (AvgIpc) is 2.39. The molecule has 0 aliphatic heterocycles. The van der Waals surface area contributed by atoms with E-state index in [1.165, 1.54) is 19.3 Å². The van der Waals surface area contributed by atoms with Crippen molar-refractivity contribution in [1.82, 2.24) is 0 Å². The van der Waals surface area contributed by atoms with Crippen LogP contribution in [0, 0.1) is 16.7 Å². The fourth-order valence-corrected chi connectivity index (χ4v) is 3.70. The Balaban J connectivity index is 1.97. The van der Waals surface area contributed by atoms with E-state index in [0.29, 0.717) is 11.2 Å². The van der Waals surface area contributed by atoms with E-state index in [-0.39, 0.29) is 17.1 Å². The Morgan fingerprint density at radius 1 is 1.00 bits per heavy atom. The smallest absolute Gasteiger partial charge is 0.162 e. The Morgan fingerprint density at radius 2 is 1.55 bits per heavy atom. The summed E-state index contributed by atoms with van der Waals surface area (Å²) in [6.45, 7) is 6.67. The molecule has 2 heteroatoms. The highest BCUT2D eigenvalue weighted by Gasteiger charge is 2.34. The van der Waals surface area contributed by atoms with Crippen LogP contribution in [0.5, 0.6) is 0 Å². The van der Waals surface area contributed by atoms with Crippen molar-refractivity contribution >= 4 is 5.78 Å². The maximum atomic E-state index is 12.4. The molecule has 0 heterocycles. The molecule has 114 valence electrons. The number of rotatable bonds is 3. The number of aliphatic hydroxyl groups is 1. The van der Waals surface area contributed by atoms with E-state index in [1.54, 1.807) is 6.08 Å². The number of ketones is 1. The molecule has 0 bridgehead atoms. The molecule has 2 nitrogen and oxygen atoms in total. The van der Waals surface area contributed by atoms with Crippen molar-refractivity contribution in [3.8, 4) is 0 Å². The number of carbonyl (C=O) groups is 1. The summed E-state index contributed by atoms with van der Waals surface area (Å²) in [5, 5.41) is 10.4. The number of carbonyl (C=O) groups excluding carboxylic acids is 1. The van der Waals surface area contributed by atoms with Gasteiger partial charge in [0.1, 0.15) is 5.76 Å². The SMILES string of the molecule is CC1(C)CCC(C(=O)C=C(O)C2(C)CCCCC2)CC1. The largest absolute Gasteiger partial charge is 0.512 e. The van der Waals surface area contributed by atoms with Gasteiger partial charge in [-0.15, -0.1) is 0 Å². The van der Waals surface area contributed by atoms with Gasteiger partial charge in [-0.3, -0.25) is 4.79 Å². The molecule has 0 unspecified atom stereocenters. The van der Waals surface area contributed by atoms with E-state index < -0.39 is 0 Å². The molecule has 0 radical (unpaired) electrons. The summed E-state index contributed by atoms with van der Waals surface area (Å²) in [6, 6.07) is 0. The Kier molecular flexibility index (Phi) is 4.61. The molecule has 0 amide bonds. The molecular formula is C18H30O2. The van der Waals surface area contributed by atoms with Crippen LogP contribution in [-0.2, 0) is 4.79 Å². The molecule has 20 heavy (non-hydrogen) atoms. The molecule has 2 aliphatic rings. The van der Waals surface area contributed by atoms with E-state index in [1.807, 2.05) is 0 Å². The van der Waals surface area contributed by atoms with Crippen LogP contribution in [0.25, 0.3) is 0 Å². The quantitative estimate of drug-likeness (QED) is 0.570. The van der Waals surface area contributed by atoms with Crippen molar-refractivity contribution in [1.29, 1.82) is 0 Å². The minimum absolute atomic E-state index is 0.136. The average molecular weight is 278 g/mol. The van der Waals surface area contributed by atoms with Gasteiger partial charge in [0.25, 0.3) is 0 Å². The van der Waals surface area contributed by atoms with Crippen LogP contribution in [0.4, 0.5) is 0 Å². The zero-order valence-electron chi connectivity index (χ0n) is 13.4. The highest BCUT2D eigenvalue weighted by Crippen LogP contribution is 2.42. The van der Waals surface area contributed by atoms with Crippen LogP contribution >= 0.6 is 0 Å². The molecule has 0 aromatic rings. The number of hydrogen-bond donors (Lipinski definition) is 1. The van der Waals surface area contributed by atoms with Gasteiger partial charge >= 0.3 is 0 Å². The van der Waals surface area contributed by atoms with Crippen LogP contribution in [0.15, 0.2) is 11.8 Å². The summed E-state index contributed by atoms with van der Waals surface area (Å²) < 4.78 is 0. The highest BCUT2D eigenvalue weighted by molar-refractivity contribution is 5.92. The van der Waals surface area contributed by atoms with Gasteiger partial charge in [0.05, 0.1) is 0 Å². The predicted molar refractivity (Wildman–Crippen MR) is 82.6 cm³/mol. The minimum atomic E-state index is -0.151. The van der Waals surface area contributed by atoms with Crippen LogP contribution in [0.3, 0.4) is 0 Å². The summed E-state index contributed by atoms with van der Waals surface area (Å²) >= 11 is 0. The first-order valence-corrected chi connectivity index (χ1v) is 8.27. The molecule has 2 aliphatic carbocycles. The summed E-state index contributed by atoms with van der Waals surface area (Å²) in [5.41, 5.74) is 0.236. The normalized spacial score (nSPS) is 27.2. The third-order valence-corrected chi connectivity index (χ3v) is 5.60. The molecule has 0 saturated heterocycles. The van der Waals surface area contributed by atoms with Gasteiger partial charge in [0, 0.05) is 17.4 Å². The van der Waals surface area contributed by atoms with Crippen LogP contribution in [0.2, 0.25) is 0 Å². The van der Waals surface area contributed by atoms with E-state index >= 15 is 0 Å². The maximum absolute atomic E-state index is 12.4. The molecule has 1 N–H and O–H groups in total. The summed E-state index contributed by atoms with van der Waals surface area (Å²) in [7, 11) is 0.